The molecule has 0 saturated carbocycles. The van der Waals surface area contributed by atoms with Crippen molar-refractivity contribution in [3.05, 3.63) is 41.7 Å². The van der Waals surface area contributed by atoms with E-state index in [0.29, 0.717) is 24.8 Å². The number of carbonyl (C=O) groups excluding carboxylic acids is 1. The third-order valence-corrected chi connectivity index (χ3v) is 4.85. The van der Waals surface area contributed by atoms with Crippen LogP contribution in [0.5, 0.6) is 11.5 Å². The molecule has 1 unspecified atom stereocenters. The number of aryl methyl sites for hydroxylation is 2. The molecule has 1 aliphatic heterocycles. The van der Waals surface area contributed by atoms with Gasteiger partial charge in [0, 0.05) is 31.2 Å². The van der Waals surface area contributed by atoms with Gasteiger partial charge in [0.2, 0.25) is 0 Å². The number of ether oxygens (including phenoxy) is 2. The summed E-state index contributed by atoms with van der Waals surface area (Å²) in [5.74, 6) is 2.00. The van der Waals surface area contributed by atoms with E-state index in [1.807, 2.05) is 53.8 Å². The van der Waals surface area contributed by atoms with Crippen LogP contribution in [0.4, 0.5) is 0 Å². The Morgan fingerprint density at radius 2 is 2.00 bits per heavy atom. The van der Waals surface area contributed by atoms with Crippen molar-refractivity contribution in [2.24, 2.45) is 5.92 Å². The zero-order valence-corrected chi connectivity index (χ0v) is 15.8. The van der Waals surface area contributed by atoms with E-state index in [1.54, 1.807) is 7.11 Å². The molecule has 1 fully saturated rings. The Morgan fingerprint density at radius 3 is 2.65 bits per heavy atom. The molecule has 0 radical (unpaired) electrons. The Bertz CT molecular complexity index is 739. The Balaban J connectivity index is 1.56. The SMILES string of the molecule is CCn1nc(C(=O)N2CCCC(COc3ccc(OC)cc3)C2)cc1C. The van der Waals surface area contributed by atoms with Crippen LogP contribution in [0.25, 0.3) is 0 Å². The second-order valence-corrected chi connectivity index (χ2v) is 6.73. The van der Waals surface area contributed by atoms with Gasteiger partial charge in [0.25, 0.3) is 5.91 Å². The van der Waals surface area contributed by atoms with E-state index >= 15 is 0 Å². The molecule has 1 aliphatic rings. The number of carbonyl (C=O) groups is 1. The van der Waals surface area contributed by atoms with Gasteiger partial charge in [0.05, 0.1) is 13.7 Å². The first kappa shape index (κ1) is 18.3. The number of rotatable bonds is 6. The van der Waals surface area contributed by atoms with E-state index in [0.717, 1.165) is 43.1 Å². The molecule has 140 valence electrons. The third kappa shape index (κ3) is 4.18. The lowest BCUT2D eigenvalue weighted by molar-refractivity contribution is 0.0626. The van der Waals surface area contributed by atoms with E-state index in [1.165, 1.54) is 0 Å². The number of benzene rings is 1. The van der Waals surface area contributed by atoms with Gasteiger partial charge in [0.1, 0.15) is 11.5 Å². The fourth-order valence-electron chi connectivity index (χ4n) is 3.37. The third-order valence-electron chi connectivity index (χ3n) is 4.85. The van der Waals surface area contributed by atoms with Crippen molar-refractivity contribution in [2.75, 3.05) is 26.8 Å². The summed E-state index contributed by atoms with van der Waals surface area (Å²) in [5.41, 5.74) is 1.56. The topological polar surface area (TPSA) is 56.6 Å². The minimum atomic E-state index is 0.0226. The molecule has 0 N–H and O–H groups in total. The molecule has 1 aromatic carbocycles. The maximum absolute atomic E-state index is 12.8. The largest absolute Gasteiger partial charge is 0.497 e. The number of nitrogens with zero attached hydrogens (tertiary/aromatic N) is 3. The van der Waals surface area contributed by atoms with Crippen LogP contribution >= 0.6 is 0 Å². The van der Waals surface area contributed by atoms with Crippen molar-refractivity contribution in [3.8, 4) is 11.5 Å². The average molecular weight is 357 g/mol. The smallest absolute Gasteiger partial charge is 0.274 e. The minimum Gasteiger partial charge on any atom is -0.497 e. The van der Waals surface area contributed by atoms with Gasteiger partial charge in [-0.05, 0) is 57.0 Å². The molecular weight excluding hydrogens is 330 g/mol. The summed E-state index contributed by atoms with van der Waals surface area (Å²) in [4.78, 5) is 14.7. The van der Waals surface area contributed by atoms with Crippen LogP contribution in [0.3, 0.4) is 0 Å². The fraction of sp³-hybridized carbons (Fsp3) is 0.500. The normalized spacial score (nSPS) is 17.2. The molecule has 2 aromatic rings. The summed E-state index contributed by atoms with van der Waals surface area (Å²) < 4.78 is 12.9. The van der Waals surface area contributed by atoms with Crippen molar-refractivity contribution in [1.82, 2.24) is 14.7 Å². The minimum absolute atomic E-state index is 0.0226. The Hall–Kier alpha value is -2.50. The van der Waals surface area contributed by atoms with E-state index in [4.69, 9.17) is 9.47 Å². The predicted molar refractivity (Wildman–Crippen MR) is 99.8 cm³/mol. The standard InChI is InChI=1S/C20H27N3O3/c1-4-23-15(2)12-19(21-23)20(24)22-11-5-6-16(13-22)14-26-18-9-7-17(25-3)8-10-18/h7-10,12,16H,4-6,11,13-14H2,1-3H3. The number of likely N-dealkylation sites (tertiary alicyclic amines) is 1. The molecule has 0 aliphatic carbocycles. The highest BCUT2D eigenvalue weighted by Crippen LogP contribution is 2.22. The Labute approximate surface area is 154 Å². The zero-order valence-electron chi connectivity index (χ0n) is 15.8. The summed E-state index contributed by atoms with van der Waals surface area (Å²) in [6.07, 6.45) is 2.07. The number of hydrogen-bond acceptors (Lipinski definition) is 4. The van der Waals surface area contributed by atoms with Gasteiger partial charge in [-0.2, -0.15) is 5.10 Å². The average Bonchev–Trinajstić information content (AvgIpc) is 3.07. The second-order valence-electron chi connectivity index (χ2n) is 6.73. The number of piperidine rings is 1. The monoisotopic (exact) mass is 357 g/mol. The molecule has 1 atom stereocenters. The molecule has 1 saturated heterocycles. The molecule has 3 rings (SSSR count). The zero-order chi connectivity index (χ0) is 18.5. The van der Waals surface area contributed by atoms with E-state index < -0.39 is 0 Å². The maximum Gasteiger partial charge on any atom is 0.274 e. The lowest BCUT2D eigenvalue weighted by Crippen LogP contribution is -2.41. The highest BCUT2D eigenvalue weighted by Gasteiger charge is 2.26. The lowest BCUT2D eigenvalue weighted by atomic mass is 9.98. The first-order chi connectivity index (χ1) is 12.6. The van der Waals surface area contributed by atoms with Crippen LogP contribution in [-0.2, 0) is 6.54 Å². The van der Waals surface area contributed by atoms with Crippen LogP contribution in [0.1, 0.15) is 35.9 Å². The van der Waals surface area contributed by atoms with E-state index in [2.05, 4.69) is 5.10 Å². The molecule has 6 heteroatoms. The summed E-state index contributed by atoms with van der Waals surface area (Å²) in [7, 11) is 1.65. The van der Waals surface area contributed by atoms with Gasteiger partial charge < -0.3 is 14.4 Å². The summed E-state index contributed by atoms with van der Waals surface area (Å²) in [6, 6.07) is 9.47. The van der Waals surface area contributed by atoms with Gasteiger partial charge in [-0.1, -0.05) is 0 Å². The lowest BCUT2D eigenvalue weighted by Gasteiger charge is -2.32. The van der Waals surface area contributed by atoms with Crippen LogP contribution in [0.2, 0.25) is 0 Å². The molecule has 0 bridgehead atoms. The van der Waals surface area contributed by atoms with Crippen molar-refractivity contribution >= 4 is 5.91 Å². The van der Waals surface area contributed by atoms with Crippen LogP contribution in [0, 0.1) is 12.8 Å². The molecule has 0 spiro atoms. The first-order valence-electron chi connectivity index (χ1n) is 9.21. The fourth-order valence-corrected chi connectivity index (χ4v) is 3.37. The van der Waals surface area contributed by atoms with Crippen LogP contribution in [-0.4, -0.2) is 47.4 Å². The second kappa shape index (κ2) is 8.25. The van der Waals surface area contributed by atoms with Gasteiger partial charge >= 0.3 is 0 Å². The van der Waals surface area contributed by atoms with Crippen LogP contribution in [0.15, 0.2) is 30.3 Å². The number of hydrogen-bond donors (Lipinski definition) is 0. The van der Waals surface area contributed by atoms with E-state index in [-0.39, 0.29) is 5.91 Å². The van der Waals surface area contributed by atoms with Crippen LogP contribution < -0.4 is 9.47 Å². The molecule has 2 heterocycles. The molecular formula is C20H27N3O3. The highest BCUT2D eigenvalue weighted by molar-refractivity contribution is 5.92. The Kier molecular flexibility index (Phi) is 5.81. The van der Waals surface area contributed by atoms with Crippen molar-refractivity contribution < 1.29 is 14.3 Å². The first-order valence-corrected chi connectivity index (χ1v) is 9.21. The summed E-state index contributed by atoms with van der Waals surface area (Å²) in [6.45, 7) is 6.90. The number of amides is 1. The van der Waals surface area contributed by atoms with Gasteiger partial charge in [-0.3, -0.25) is 9.48 Å². The molecule has 1 aromatic heterocycles. The van der Waals surface area contributed by atoms with Gasteiger partial charge in [-0.15, -0.1) is 0 Å². The van der Waals surface area contributed by atoms with Gasteiger partial charge in [0.15, 0.2) is 5.69 Å². The van der Waals surface area contributed by atoms with Gasteiger partial charge in [-0.25, -0.2) is 0 Å². The van der Waals surface area contributed by atoms with Crippen molar-refractivity contribution in [2.45, 2.75) is 33.2 Å². The quantitative estimate of drug-likeness (QED) is 0.797. The summed E-state index contributed by atoms with van der Waals surface area (Å²) in [5, 5.41) is 4.42. The molecule has 26 heavy (non-hydrogen) atoms. The number of aromatic nitrogens is 2. The van der Waals surface area contributed by atoms with E-state index in [9.17, 15) is 4.79 Å². The van der Waals surface area contributed by atoms with Crippen molar-refractivity contribution in [1.29, 1.82) is 0 Å². The molecule has 6 nitrogen and oxygen atoms in total. The maximum atomic E-state index is 12.8. The predicted octanol–water partition coefficient (Wildman–Crippen LogP) is 3.15. The Morgan fingerprint density at radius 1 is 1.27 bits per heavy atom. The summed E-state index contributed by atoms with van der Waals surface area (Å²) >= 11 is 0. The van der Waals surface area contributed by atoms with Crippen molar-refractivity contribution in [3.63, 3.8) is 0 Å². The number of methoxy groups -OCH3 is 1. The highest BCUT2D eigenvalue weighted by atomic mass is 16.5. The molecule has 1 amide bonds.